The van der Waals surface area contributed by atoms with Crippen LogP contribution in [-0.2, 0) is 4.79 Å². The molecule has 0 saturated carbocycles. The topological polar surface area (TPSA) is 40.1 Å². The van der Waals surface area contributed by atoms with Crippen LogP contribution in [0.3, 0.4) is 0 Å². The maximum absolute atomic E-state index is 11.8. The van der Waals surface area contributed by atoms with Crippen molar-refractivity contribution in [3.8, 4) is 0 Å². The Kier molecular flexibility index (Phi) is 6.59. The minimum atomic E-state index is -0.927. The van der Waals surface area contributed by atoms with Crippen LogP contribution < -0.4 is 24.0 Å². The van der Waals surface area contributed by atoms with Gasteiger partial charge in [0.05, 0.1) is 0 Å². The molecule has 0 heterocycles. The van der Waals surface area contributed by atoms with Crippen molar-refractivity contribution in [1.82, 2.24) is 0 Å². The van der Waals surface area contributed by atoms with Crippen LogP contribution in [-0.4, -0.2) is 5.78 Å². The summed E-state index contributed by atoms with van der Waals surface area (Å²) in [7, 11) is 0. The van der Waals surface area contributed by atoms with Crippen molar-refractivity contribution in [3.63, 3.8) is 0 Å². The van der Waals surface area contributed by atoms with Crippen molar-refractivity contribution in [2.45, 2.75) is 26.4 Å². The Balaban J connectivity index is 0.00000196. The summed E-state index contributed by atoms with van der Waals surface area (Å²) in [6.07, 6.45) is -0.490. The minimum Gasteiger partial charge on any atom is -0.848 e. The van der Waals surface area contributed by atoms with E-state index in [-0.39, 0.29) is 24.6 Å². The zero-order valence-electron chi connectivity index (χ0n) is 9.57. The maximum Gasteiger partial charge on any atom is 1.00 e. The third kappa shape index (κ3) is 3.83. The summed E-state index contributed by atoms with van der Waals surface area (Å²) in [5.41, 5.74) is 0.696. The van der Waals surface area contributed by atoms with Crippen LogP contribution in [0.25, 0.3) is 0 Å². The van der Waals surface area contributed by atoms with Gasteiger partial charge < -0.3 is 5.11 Å². The summed E-state index contributed by atoms with van der Waals surface area (Å²) in [5, 5.41) is 11.8. The largest absolute Gasteiger partial charge is 1.00 e. The predicted molar refractivity (Wildman–Crippen MR) is 53.6 cm³/mol. The van der Waals surface area contributed by atoms with Crippen molar-refractivity contribution in [2.24, 2.45) is 5.92 Å². The summed E-state index contributed by atoms with van der Waals surface area (Å²) in [4.78, 5) is 11.3. The molecule has 0 aliphatic heterocycles. The van der Waals surface area contributed by atoms with Crippen molar-refractivity contribution >= 4 is 5.78 Å². The molecule has 0 bridgehead atoms. The first-order valence-electron chi connectivity index (χ1n) is 4.90. The van der Waals surface area contributed by atoms with Gasteiger partial charge in [0.25, 0.3) is 0 Å². The molecule has 0 aromatic heterocycles. The molecule has 76 valence electrons. The number of benzene rings is 1. The van der Waals surface area contributed by atoms with Gasteiger partial charge in [-0.1, -0.05) is 55.8 Å². The van der Waals surface area contributed by atoms with Gasteiger partial charge >= 0.3 is 18.9 Å². The SMILES string of the molecule is CCC(=O)C(C)C([O-])c1ccccc1.[Li+]. The molecule has 15 heavy (non-hydrogen) atoms. The van der Waals surface area contributed by atoms with Crippen LogP contribution in [0, 0.1) is 5.92 Å². The summed E-state index contributed by atoms with van der Waals surface area (Å²) < 4.78 is 0. The number of carbonyl (C=O) groups excluding carboxylic acids is 1. The smallest absolute Gasteiger partial charge is 0.848 e. The first-order valence-corrected chi connectivity index (χ1v) is 4.90. The van der Waals surface area contributed by atoms with Crippen LogP contribution in [0.4, 0.5) is 0 Å². The van der Waals surface area contributed by atoms with Crippen molar-refractivity contribution in [3.05, 3.63) is 35.9 Å². The summed E-state index contributed by atoms with van der Waals surface area (Å²) in [6.45, 7) is 3.49. The first kappa shape index (κ1) is 14.4. The number of carbonyl (C=O) groups is 1. The van der Waals surface area contributed by atoms with E-state index in [1.165, 1.54) is 0 Å². The molecule has 0 N–H and O–H groups in total. The molecule has 1 aromatic rings. The van der Waals surface area contributed by atoms with Crippen LogP contribution in [0.2, 0.25) is 0 Å². The Hall–Kier alpha value is -0.553. The van der Waals surface area contributed by atoms with E-state index < -0.39 is 12.0 Å². The average molecular weight is 198 g/mol. The number of rotatable bonds is 4. The molecule has 1 rings (SSSR count). The van der Waals surface area contributed by atoms with Gasteiger partial charge in [-0.3, -0.25) is 4.79 Å². The monoisotopic (exact) mass is 198 g/mol. The van der Waals surface area contributed by atoms with Crippen molar-refractivity contribution < 1.29 is 28.8 Å². The van der Waals surface area contributed by atoms with Gasteiger partial charge in [-0.05, 0) is 0 Å². The van der Waals surface area contributed by atoms with Crippen LogP contribution in [0.5, 0.6) is 0 Å². The number of hydrogen-bond acceptors (Lipinski definition) is 2. The maximum atomic E-state index is 11.8. The second-order valence-corrected chi connectivity index (χ2v) is 3.44. The van der Waals surface area contributed by atoms with E-state index in [4.69, 9.17) is 0 Å². The Morgan fingerprint density at radius 3 is 2.33 bits per heavy atom. The molecule has 0 amide bonds. The van der Waals surface area contributed by atoms with Gasteiger partial charge in [0, 0.05) is 12.3 Å². The van der Waals surface area contributed by atoms with Crippen LogP contribution >= 0.6 is 0 Å². The average Bonchev–Trinajstić information content (AvgIpc) is 2.27. The van der Waals surface area contributed by atoms with Gasteiger partial charge in [-0.25, -0.2) is 0 Å². The Labute approximate surface area is 103 Å². The molecule has 2 unspecified atom stereocenters. The second kappa shape index (κ2) is 6.84. The molecule has 0 aliphatic rings. The summed E-state index contributed by atoms with van der Waals surface area (Å²) in [5.74, 6) is -0.392. The predicted octanol–water partition coefficient (Wildman–Crippen LogP) is -1.29. The number of hydrogen-bond donors (Lipinski definition) is 0. The third-order valence-corrected chi connectivity index (χ3v) is 2.44. The van der Waals surface area contributed by atoms with Crippen molar-refractivity contribution in [1.29, 1.82) is 0 Å². The summed E-state index contributed by atoms with van der Waals surface area (Å²) >= 11 is 0. The fraction of sp³-hybridized carbons (Fsp3) is 0.417. The molecular weight excluding hydrogens is 183 g/mol. The standard InChI is InChI=1S/C12H15O2.Li/c1-3-11(13)9(2)12(14)10-7-5-4-6-8-10;/h4-9,12H,3H2,1-2H3;/q-1;+1. The molecule has 0 saturated heterocycles. The molecule has 2 atom stereocenters. The van der Waals surface area contributed by atoms with Gasteiger partial charge in [0.2, 0.25) is 0 Å². The molecule has 0 radical (unpaired) electrons. The third-order valence-electron chi connectivity index (χ3n) is 2.44. The second-order valence-electron chi connectivity index (χ2n) is 3.44. The molecule has 0 aliphatic carbocycles. The zero-order chi connectivity index (χ0) is 10.6. The van der Waals surface area contributed by atoms with Gasteiger partial charge in [0.15, 0.2) is 0 Å². The van der Waals surface area contributed by atoms with E-state index in [0.29, 0.717) is 12.0 Å². The Bertz CT molecular complexity index is 298. The van der Waals surface area contributed by atoms with Gasteiger partial charge in [-0.15, -0.1) is 0 Å². The minimum absolute atomic E-state index is 0. The summed E-state index contributed by atoms with van der Waals surface area (Å²) in [6, 6.07) is 9.06. The van der Waals surface area contributed by atoms with Gasteiger partial charge in [-0.2, -0.15) is 0 Å². The van der Waals surface area contributed by atoms with E-state index in [1.807, 2.05) is 18.2 Å². The molecule has 0 spiro atoms. The van der Waals surface area contributed by atoms with Crippen LogP contribution in [0.15, 0.2) is 30.3 Å². The van der Waals surface area contributed by atoms with Crippen LogP contribution in [0.1, 0.15) is 31.9 Å². The van der Waals surface area contributed by atoms with E-state index in [1.54, 1.807) is 26.0 Å². The Morgan fingerprint density at radius 2 is 1.87 bits per heavy atom. The molecular formula is C12H15LiO2. The van der Waals surface area contributed by atoms with Gasteiger partial charge in [0.1, 0.15) is 5.78 Å². The van der Waals surface area contributed by atoms with E-state index in [0.717, 1.165) is 0 Å². The van der Waals surface area contributed by atoms with E-state index >= 15 is 0 Å². The fourth-order valence-corrected chi connectivity index (χ4v) is 1.42. The number of Topliss-reactive ketones (excluding diaryl/α,β-unsaturated/α-hetero) is 1. The Morgan fingerprint density at radius 1 is 1.33 bits per heavy atom. The van der Waals surface area contributed by atoms with E-state index in [9.17, 15) is 9.90 Å². The number of ketones is 1. The van der Waals surface area contributed by atoms with Crippen molar-refractivity contribution in [2.75, 3.05) is 0 Å². The first-order chi connectivity index (χ1) is 6.66. The molecule has 3 heteroatoms. The molecule has 2 nitrogen and oxygen atoms in total. The normalized spacial score (nSPS) is 13.8. The van der Waals surface area contributed by atoms with E-state index in [2.05, 4.69) is 0 Å². The fourth-order valence-electron chi connectivity index (χ4n) is 1.42. The quantitative estimate of drug-likeness (QED) is 0.565. The zero-order valence-corrected chi connectivity index (χ0v) is 9.57. The molecule has 1 aromatic carbocycles. The molecule has 0 fully saturated rings.